The molecular formula is C18H17FN2O. The van der Waals surface area contributed by atoms with Crippen LogP contribution in [-0.2, 0) is 11.3 Å². The molecule has 2 heterocycles. The molecule has 0 bridgehead atoms. The Balaban J connectivity index is 1.70. The van der Waals surface area contributed by atoms with Crippen LogP contribution in [0.5, 0.6) is 0 Å². The second-order valence-corrected chi connectivity index (χ2v) is 5.74. The van der Waals surface area contributed by atoms with Crippen molar-refractivity contribution in [3.05, 3.63) is 54.6 Å². The summed E-state index contributed by atoms with van der Waals surface area (Å²) >= 11 is 0. The van der Waals surface area contributed by atoms with E-state index in [1.54, 1.807) is 12.1 Å². The minimum absolute atomic E-state index is 0.215. The van der Waals surface area contributed by atoms with Gasteiger partial charge in [-0.25, -0.2) is 9.37 Å². The first-order valence-electron chi connectivity index (χ1n) is 7.62. The Kier molecular flexibility index (Phi) is 3.39. The van der Waals surface area contributed by atoms with E-state index in [0.29, 0.717) is 0 Å². The first kappa shape index (κ1) is 13.5. The Morgan fingerprint density at radius 3 is 2.73 bits per heavy atom. The maximum atomic E-state index is 13.1. The van der Waals surface area contributed by atoms with Gasteiger partial charge in [0.2, 0.25) is 0 Å². The molecule has 0 spiro atoms. The van der Waals surface area contributed by atoms with E-state index < -0.39 is 0 Å². The highest BCUT2D eigenvalue weighted by Gasteiger charge is 2.17. The third-order valence-electron chi connectivity index (χ3n) is 4.22. The van der Waals surface area contributed by atoms with Crippen molar-refractivity contribution >= 4 is 11.0 Å². The summed E-state index contributed by atoms with van der Waals surface area (Å²) in [6.45, 7) is 1.70. The van der Waals surface area contributed by atoms with Gasteiger partial charge in [-0.3, -0.25) is 0 Å². The highest BCUT2D eigenvalue weighted by Crippen LogP contribution is 2.25. The maximum Gasteiger partial charge on any atom is 0.123 e. The van der Waals surface area contributed by atoms with Gasteiger partial charge in [-0.1, -0.05) is 18.2 Å². The van der Waals surface area contributed by atoms with Crippen molar-refractivity contribution in [3.8, 4) is 11.1 Å². The van der Waals surface area contributed by atoms with E-state index >= 15 is 0 Å². The number of rotatable bonds is 3. The van der Waals surface area contributed by atoms with Crippen molar-refractivity contribution in [2.24, 2.45) is 0 Å². The molecule has 0 aliphatic carbocycles. The van der Waals surface area contributed by atoms with Gasteiger partial charge in [-0.2, -0.15) is 0 Å². The predicted octanol–water partition coefficient (Wildman–Crippen LogP) is 4.02. The summed E-state index contributed by atoms with van der Waals surface area (Å²) in [7, 11) is 0. The zero-order valence-corrected chi connectivity index (χ0v) is 12.2. The molecule has 22 heavy (non-hydrogen) atoms. The van der Waals surface area contributed by atoms with Crippen molar-refractivity contribution in [1.29, 1.82) is 0 Å². The normalized spacial score (nSPS) is 18.1. The van der Waals surface area contributed by atoms with Crippen LogP contribution < -0.4 is 0 Å². The average molecular weight is 296 g/mol. The summed E-state index contributed by atoms with van der Waals surface area (Å²) < 4.78 is 20.9. The lowest BCUT2D eigenvalue weighted by molar-refractivity contribution is 0.0979. The number of hydrogen-bond donors (Lipinski definition) is 0. The van der Waals surface area contributed by atoms with Gasteiger partial charge in [-0.15, -0.1) is 0 Å². The molecule has 0 saturated carbocycles. The highest BCUT2D eigenvalue weighted by atomic mass is 19.1. The lowest BCUT2D eigenvalue weighted by Gasteiger charge is -2.11. The standard InChI is InChI=1S/C18H17FN2O/c19-15-6-3-13(4-7-15)14-5-8-17-18(10-14)21(12-20-17)11-16-2-1-9-22-16/h3-8,10,12,16H,1-2,9,11H2. The van der Waals surface area contributed by atoms with Gasteiger partial charge in [0.25, 0.3) is 0 Å². The monoisotopic (exact) mass is 296 g/mol. The van der Waals surface area contributed by atoms with Gasteiger partial charge in [0.15, 0.2) is 0 Å². The number of aromatic nitrogens is 2. The summed E-state index contributed by atoms with van der Waals surface area (Å²) in [5.74, 6) is -0.215. The molecule has 2 aromatic carbocycles. The van der Waals surface area contributed by atoms with E-state index in [4.69, 9.17) is 4.74 Å². The van der Waals surface area contributed by atoms with Gasteiger partial charge in [0.1, 0.15) is 5.82 Å². The number of hydrogen-bond acceptors (Lipinski definition) is 2. The molecule has 1 aliphatic heterocycles. The van der Waals surface area contributed by atoms with Crippen molar-refractivity contribution < 1.29 is 9.13 Å². The van der Waals surface area contributed by atoms with Crippen molar-refractivity contribution in [2.75, 3.05) is 6.61 Å². The summed E-state index contributed by atoms with van der Waals surface area (Å²) in [5.41, 5.74) is 4.15. The van der Waals surface area contributed by atoms with E-state index in [1.807, 2.05) is 18.5 Å². The lowest BCUT2D eigenvalue weighted by atomic mass is 10.1. The molecule has 3 nitrogen and oxygen atoms in total. The molecule has 0 radical (unpaired) electrons. The number of benzene rings is 2. The molecule has 1 unspecified atom stereocenters. The van der Waals surface area contributed by atoms with Crippen LogP contribution in [0.1, 0.15) is 12.8 Å². The van der Waals surface area contributed by atoms with Gasteiger partial charge < -0.3 is 9.30 Å². The van der Waals surface area contributed by atoms with Gasteiger partial charge in [0.05, 0.1) is 30.0 Å². The van der Waals surface area contributed by atoms with E-state index in [2.05, 4.69) is 15.6 Å². The molecule has 4 rings (SSSR count). The molecule has 1 aliphatic rings. The largest absolute Gasteiger partial charge is 0.376 e. The van der Waals surface area contributed by atoms with Crippen LogP contribution in [0.4, 0.5) is 4.39 Å². The fourth-order valence-electron chi connectivity index (χ4n) is 3.03. The lowest BCUT2D eigenvalue weighted by Crippen LogP contribution is -2.14. The molecule has 0 amide bonds. The number of imidazole rings is 1. The number of nitrogens with zero attached hydrogens (tertiary/aromatic N) is 2. The molecule has 0 N–H and O–H groups in total. The Morgan fingerprint density at radius 1 is 1.14 bits per heavy atom. The second kappa shape index (κ2) is 5.54. The second-order valence-electron chi connectivity index (χ2n) is 5.74. The highest BCUT2D eigenvalue weighted by molar-refractivity contribution is 5.82. The summed E-state index contributed by atoms with van der Waals surface area (Å²) in [6.07, 6.45) is 4.41. The van der Waals surface area contributed by atoms with Crippen LogP contribution in [-0.4, -0.2) is 22.3 Å². The van der Waals surface area contributed by atoms with E-state index in [1.165, 1.54) is 12.1 Å². The molecule has 4 heteroatoms. The minimum atomic E-state index is -0.215. The minimum Gasteiger partial charge on any atom is -0.376 e. The Morgan fingerprint density at radius 2 is 1.95 bits per heavy atom. The number of halogens is 1. The van der Waals surface area contributed by atoms with Gasteiger partial charge in [0, 0.05) is 6.61 Å². The third-order valence-corrected chi connectivity index (χ3v) is 4.22. The number of fused-ring (bicyclic) bond motifs is 1. The number of ether oxygens (including phenoxy) is 1. The Bertz CT molecular complexity index is 788. The first-order chi connectivity index (χ1) is 10.8. The van der Waals surface area contributed by atoms with Gasteiger partial charge >= 0.3 is 0 Å². The van der Waals surface area contributed by atoms with Crippen molar-refractivity contribution in [1.82, 2.24) is 9.55 Å². The molecule has 3 aromatic rings. The van der Waals surface area contributed by atoms with Crippen LogP contribution in [0.3, 0.4) is 0 Å². The zero-order valence-electron chi connectivity index (χ0n) is 12.2. The van der Waals surface area contributed by atoms with Crippen molar-refractivity contribution in [3.63, 3.8) is 0 Å². The summed E-state index contributed by atoms with van der Waals surface area (Å²) in [6, 6.07) is 12.7. The molecule has 1 atom stereocenters. The topological polar surface area (TPSA) is 27.1 Å². The van der Waals surface area contributed by atoms with Crippen LogP contribution in [0.2, 0.25) is 0 Å². The summed E-state index contributed by atoms with van der Waals surface area (Å²) in [4.78, 5) is 4.46. The van der Waals surface area contributed by atoms with Crippen LogP contribution in [0, 0.1) is 5.82 Å². The Labute approximate surface area is 128 Å². The summed E-state index contributed by atoms with van der Waals surface area (Å²) in [5, 5.41) is 0. The molecule has 1 fully saturated rings. The van der Waals surface area contributed by atoms with Crippen LogP contribution in [0.15, 0.2) is 48.8 Å². The maximum absolute atomic E-state index is 13.1. The Hall–Kier alpha value is -2.20. The fourth-order valence-corrected chi connectivity index (χ4v) is 3.03. The van der Waals surface area contributed by atoms with E-state index in [-0.39, 0.29) is 11.9 Å². The zero-order chi connectivity index (χ0) is 14.9. The molecule has 1 saturated heterocycles. The van der Waals surface area contributed by atoms with E-state index in [9.17, 15) is 4.39 Å². The molecular weight excluding hydrogens is 279 g/mol. The first-order valence-corrected chi connectivity index (χ1v) is 7.62. The predicted molar refractivity (Wildman–Crippen MR) is 84.1 cm³/mol. The van der Waals surface area contributed by atoms with E-state index in [0.717, 1.165) is 48.2 Å². The quantitative estimate of drug-likeness (QED) is 0.730. The third kappa shape index (κ3) is 2.50. The van der Waals surface area contributed by atoms with Crippen LogP contribution in [0.25, 0.3) is 22.2 Å². The SMILES string of the molecule is Fc1ccc(-c2ccc3ncn(CC4CCCO4)c3c2)cc1. The van der Waals surface area contributed by atoms with Crippen molar-refractivity contribution in [2.45, 2.75) is 25.5 Å². The molecule has 112 valence electrons. The van der Waals surface area contributed by atoms with Gasteiger partial charge in [-0.05, 0) is 48.2 Å². The smallest absolute Gasteiger partial charge is 0.123 e. The molecule has 1 aromatic heterocycles. The fraction of sp³-hybridized carbons (Fsp3) is 0.278. The average Bonchev–Trinajstić information content (AvgIpc) is 3.18. The van der Waals surface area contributed by atoms with Crippen LogP contribution >= 0.6 is 0 Å².